The number of carbonyl (C=O) groups excluding carboxylic acids is 2. The number of aliphatic hydroxyl groups is 1. The maximum atomic E-state index is 12.8. The highest BCUT2D eigenvalue weighted by atomic mass is 16.5. The molecule has 7 heteroatoms. The number of nitrogens with zero attached hydrogens (tertiary/aromatic N) is 3. The number of methoxy groups -OCH3 is 1. The first-order valence-corrected chi connectivity index (χ1v) is 8.91. The van der Waals surface area contributed by atoms with Crippen LogP contribution in [0.2, 0.25) is 0 Å². The van der Waals surface area contributed by atoms with E-state index in [9.17, 15) is 14.7 Å². The summed E-state index contributed by atoms with van der Waals surface area (Å²) in [6, 6.07) is 9.60. The highest BCUT2D eigenvalue weighted by Gasteiger charge is 2.46. The topological polar surface area (TPSA) is 83.0 Å². The Morgan fingerprint density at radius 3 is 2.68 bits per heavy atom. The number of likely N-dealkylation sites (tertiary alicyclic amines) is 1. The van der Waals surface area contributed by atoms with Gasteiger partial charge in [0.2, 0.25) is 0 Å². The SMILES string of the molecule is COc1cccc(C(O)=C2C(=O)C(=O)N(CCN(C)C)[C@H]2c2cccnc2)c1. The fourth-order valence-corrected chi connectivity index (χ4v) is 3.23. The van der Waals surface area contributed by atoms with Crippen LogP contribution in [0, 0.1) is 0 Å². The average Bonchev–Trinajstić information content (AvgIpc) is 2.97. The first-order chi connectivity index (χ1) is 13.4. The molecule has 2 heterocycles. The number of rotatable bonds is 6. The number of hydrogen-bond acceptors (Lipinski definition) is 6. The number of ether oxygens (including phenoxy) is 1. The summed E-state index contributed by atoms with van der Waals surface area (Å²) in [6.07, 6.45) is 3.23. The van der Waals surface area contributed by atoms with Crippen molar-refractivity contribution in [3.05, 3.63) is 65.5 Å². The Morgan fingerprint density at radius 1 is 1.25 bits per heavy atom. The monoisotopic (exact) mass is 381 g/mol. The number of ketones is 1. The van der Waals surface area contributed by atoms with Gasteiger partial charge in [0.1, 0.15) is 11.5 Å². The van der Waals surface area contributed by atoms with Crippen molar-refractivity contribution in [1.82, 2.24) is 14.8 Å². The second-order valence-corrected chi connectivity index (χ2v) is 6.81. The van der Waals surface area contributed by atoms with Crippen LogP contribution in [0.15, 0.2) is 54.4 Å². The number of likely N-dealkylation sites (N-methyl/N-ethyl adjacent to an activating group) is 1. The van der Waals surface area contributed by atoms with E-state index in [2.05, 4.69) is 4.98 Å². The number of aliphatic hydroxyl groups excluding tert-OH is 1. The quantitative estimate of drug-likeness (QED) is 0.469. The summed E-state index contributed by atoms with van der Waals surface area (Å²) in [5.41, 5.74) is 1.15. The lowest BCUT2D eigenvalue weighted by Gasteiger charge is -2.26. The predicted octanol–water partition coefficient (Wildman–Crippen LogP) is 2.07. The van der Waals surface area contributed by atoms with Gasteiger partial charge in [0.05, 0.1) is 18.7 Å². The maximum Gasteiger partial charge on any atom is 0.295 e. The highest BCUT2D eigenvalue weighted by Crippen LogP contribution is 2.39. The molecule has 1 aliphatic rings. The molecule has 1 aromatic carbocycles. The molecule has 1 atom stereocenters. The van der Waals surface area contributed by atoms with E-state index < -0.39 is 17.7 Å². The van der Waals surface area contributed by atoms with Crippen LogP contribution in [0.1, 0.15) is 17.2 Å². The van der Waals surface area contributed by atoms with Crippen LogP contribution in [-0.4, -0.2) is 65.9 Å². The first-order valence-electron chi connectivity index (χ1n) is 8.91. The van der Waals surface area contributed by atoms with E-state index in [1.165, 1.54) is 12.0 Å². The Bertz CT molecular complexity index is 909. The molecule has 2 aromatic rings. The molecule has 28 heavy (non-hydrogen) atoms. The number of benzene rings is 1. The molecule has 0 radical (unpaired) electrons. The molecule has 1 amide bonds. The molecule has 0 spiro atoms. The zero-order valence-corrected chi connectivity index (χ0v) is 16.1. The fourth-order valence-electron chi connectivity index (χ4n) is 3.23. The normalized spacial score (nSPS) is 18.7. The van der Waals surface area contributed by atoms with Gasteiger partial charge in [-0.05, 0) is 37.9 Å². The van der Waals surface area contributed by atoms with E-state index in [1.807, 2.05) is 19.0 Å². The maximum absolute atomic E-state index is 12.8. The molecular formula is C21H23N3O4. The molecule has 3 rings (SSSR count). The molecule has 1 saturated heterocycles. The van der Waals surface area contributed by atoms with Gasteiger partial charge in [-0.3, -0.25) is 14.6 Å². The van der Waals surface area contributed by atoms with Crippen molar-refractivity contribution in [3.63, 3.8) is 0 Å². The molecule has 0 saturated carbocycles. The fraction of sp³-hybridized carbons (Fsp3) is 0.286. The molecular weight excluding hydrogens is 358 g/mol. The zero-order chi connectivity index (χ0) is 20.3. The lowest BCUT2D eigenvalue weighted by molar-refractivity contribution is -0.140. The Hall–Kier alpha value is -3.19. The third kappa shape index (κ3) is 3.75. The smallest absolute Gasteiger partial charge is 0.295 e. The van der Waals surface area contributed by atoms with E-state index in [0.717, 1.165) is 0 Å². The highest BCUT2D eigenvalue weighted by molar-refractivity contribution is 6.46. The molecule has 1 aromatic heterocycles. The van der Waals surface area contributed by atoms with Gasteiger partial charge in [-0.1, -0.05) is 18.2 Å². The molecule has 146 valence electrons. The third-order valence-electron chi connectivity index (χ3n) is 4.67. The number of aromatic nitrogens is 1. The van der Waals surface area contributed by atoms with E-state index in [0.29, 0.717) is 30.0 Å². The molecule has 0 aliphatic carbocycles. The summed E-state index contributed by atoms with van der Waals surface area (Å²) in [7, 11) is 5.31. The summed E-state index contributed by atoms with van der Waals surface area (Å²) in [5.74, 6) is -1.00. The Kier molecular flexibility index (Phi) is 5.75. The van der Waals surface area contributed by atoms with E-state index >= 15 is 0 Å². The van der Waals surface area contributed by atoms with Crippen LogP contribution in [-0.2, 0) is 9.59 Å². The van der Waals surface area contributed by atoms with Gasteiger partial charge < -0.3 is 19.6 Å². The van der Waals surface area contributed by atoms with Crippen molar-refractivity contribution in [3.8, 4) is 5.75 Å². The van der Waals surface area contributed by atoms with Crippen molar-refractivity contribution in [2.75, 3.05) is 34.3 Å². The van der Waals surface area contributed by atoms with Crippen LogP contribution in [0.3, 0.4) is 0 Å². The van der Waals surface area contributed by atoms with Crippen LogP contribution >= 0.6 is 0 Å². The minimum absolute atomic E-state index is 0.0602. The van der Waals surface area contributed by atoms with Gasteiger partial charge in [-0.15, -0.1) is 0 Å². The number of amides is 1. The first kappa shape index (κ1) is 19.6. The number of carbonyl (C=O) groups is 2. The van der Waals surface area contributed by atoms with Crippen LogP contribution < -0.4 is 4.74 Å². The van der Waals surface area contributed by atoms with Crippen molar-refractivity contribution >= 4 is 17.4 Å². The minimum atomic E-state index is -0.701. The second kappa shape index (κ2) is 8.22. The molecule has 7 nitrogen and oxygen atoms in total. The summed E-state index contributed by atoms with van der Waals surface area (Å²) in [5, 5.41) is 10.9. The van der Waals surface area contributed by atoms with Crippen molar-refractivity contribution < 1.29 is 19.4 Å². The van der Waals surface area contributed by atoms with Gasteiger partial charge >= 0.3 is 0 Å². The number of pyridine rings is 1. The predicted molar refractivity (Wildman–Crippen MR) is 105 cm³/mol. The van der Waals surface area contributed by atoms with Gasteiger partial charge in [0.25, 0.3) is 11.7 Å². The van der Waals surface area contributed by atoms with Gasteiger partial charge in [0.15, 0.2) is 0 Å². The standard InChI is InChI=1S/C21H23N3O4/c1-23(2)10-11-24-18(15-7-5-9-22-13-15)17(20(26)21(24)27)19(25)14-6-4-8-16(12-14)28-3/h4-9,12-13,18,25H,10-11H2,1-3H3/t18-/m0/s1. The molecule has 1 fully saturated rings. The number of hydrogen-bond donors (Lipinski definition) is 1. The Labute approximate surface area is 163 Å². The summed E-state index contributed by atoms with van der Waals surface area (Å²) < 4.78 is 5.20. The second-order valence-electron chi connectivity index (χ2n) is 6.81. The van der Waals surface area contributed by atoms with Gasteiger partial charge in [-0.2, -0.15) is 0 Å². The molecule has 1 aliphatic heterocycles. The Balaban J connectivity index is 2.13. The molecule has 1 N–H and O–H groups in total. The summed E-state index contributed by atoms with van der Waals surface area (Å²) in [6.45, 7) is 0.939. The molecule has 0 unspecified atom stereocenters. The Morgan fingerprint density at radius 2 is 2.04 bits per heavy atom. The van der Waals surface area contributed by atoms with E-state index in [-0.39, 0.29) is 11.3 Å². The van der Waals surface area contributed by atoms with Crippen LogP contribution in [0.5, 0.6) is 5.75 Å². The molecule has 0 bridgehead atoms. The van der Waals surface area contributed by atoms with Crippen LogP contribution in [0.4, 0.5) is 0 Å². The van der Waals surface area contributed by atoms with E-state index in [4.69, 9.17) is 4.74 Å². The summed E-state index contributed by atoms with van der Waals surface area (Å²) in [4.78, 5) is 33.1. The lowest BCUT2D eigenvalue weighted by atomic mass is 9.96. The van der Waals surface area contributed by atoms with Crippen LogP contribution in [0.25, 0.3) is 5.76 Å². The van der Waals surface area contributed by atoms with Crippen molar-refractivity contribution in [2.45, 2.75) is 6.04 Å². The number of Topliss-reactive ketones (excluding diaryl/α,β-unsaturated/α-hetero) is 1. The lowest BCUT2D eigenvalue weighted by Crippen LogP contribution is -2.35. The van der Waals surface area contributed by atoms with Crippen molar-refractivity contribution in [1.29, 1.82) is 0 Å². The van der Waals surface area contributed by atoms with E-state index in [1.54, 1.807) is 48.8 Å². The third-order valence-corrected chi connectivity index (χ3v) is 4.67. The summed E-state index contributed by atoms with van der Waals surface area (Å²) >= 11 is 0. The minimum Gasteiger partial charge on any atom is -0.507 e. The van der Waals surface area contributed by atoms with Gasteiger partial charge in [-0.25, -0.2) is 0 Å². The average molecular weight is 381 g/mol. The largest absolute Gasteiger partial charge is 0.507 e. The zero-order valence-electron chi connectivity index (χ0n) is 16.1. The van der Waals surface area contributed by atoms with Crippen molar-refractivity contribution in [2.24, 2.45) is 0 Å². The van der Waals surface area contributed by atoms with Gasteiger partial charge in [0, 0.05) is 31.0 Å².